The van der Waals surface area contributed by atoms with Gasteiger partial charge in [0.25, 0.3) is 5.91 Å². The lowest BCUT2D eigenvalue weighted by Crippen LogP contribution is -2.30. The van der Waals surface area contributed by atoms with Crippen LogP contribution in [0.4, 0.5) is 5.69 Å². The van der Waals surface area contributed by atoms with Gasteiger partial charge in [-0.25, -0.2) is 4.79 Å². The van der Waals surface area contributed by atoms with Gasteiger partial charge >= 0.3 is 5.97 Å². The van der Waals surface area contributed by atoms with E-state index in [0.717, 1.165) is 22.4 Å². The number of anilines is 1. The van der Waals surface area contributed by atoms with E-state index in [1.807, 2.05) is 32.9 Å². The highest BCUT2D eigenvalue weighted by Gasteiger charge is 2.22. The van der Waals surface area contributed by atoms with Gasteiger partial charge in [-0.1, -0.05) is 17.7 Å². The highest BCUT2D eigenvalue weighted by atomic mass is 79.9. The first-order valence-corrected chi connectivity index (χ1v) is 7.92. The molecule has 23 heavy (non-hydrogen) atoms. The van der Waals surface area contributed by atoms with E-state index in [2.05, 4.69) is 21.2 Å². The van der Waals surface area contributed by atoms with E-state index < -0.39 is 12.1 Å². The number of carbonyl (C=O) groups is 2. The second-order valence-corrected chi connectivity index (χ2v) is 6.20. The van der Waals surface area contributed by atoms with E-state index in [4.69, 9.17) is 9.15 Å². The molecule has 0 unspecified atom stereocenters. The number of halogens is 1. The number of benzene rings is 1. The number of hydrogen-bond acceptors (Lipinski definition) is 4. The molecule has 1 aromatic heterocycles. The number of rotatable bonds is 4. The first kappa shape index (κ1) is 17.3. The molecular weight excluding hydrogens is 362 g/mol. The van der Waals surface area contributed by atoms with Crippen molar-refractivity contribution in [2.45, 2.75) is 33.8 Å². The van der Waals surface area contributed by atoms with Gasteiger partial charge < -0.3 is 14.5 Å². The maximum absolute atomic E-state index is 12.2. The van der Waals surface area contributed by atoms with Crippen LogP contribution in [0.1, 0.15) is 34.2 Å². The third-order valence-corrected chi connectivity index (χ3v) is 3.78. The smallest absolute Gasteiger partial charge is 0.375 e. The van der Waals surface area contributed by atoms with Crippen molar-refractivity contribution < 1.29 is 18.7 Å². The lowest BCUT2D eigenvalue weighted by atomic mass is 10.0. The number of furan rings is 1. The Balaban J connectivity index is 2.04. The molecule has 0 saturated carbocycles. The molecule has 2 rings (SSSR count). The van der Waals surface area contributed by atoms with Gasteiger partial charge in [-0.15, -0.1) is 0 Å². The Hall–Kier alpha value is -2.08. The third kappa shape index (κ3) is 4.22. The lowest BCUT2D eigenvalue weighted by molar-refractivity contribution is -0.123. The Labute approximate surface area is 143 Å². The predicted octanol–water partition coefficient (Wildman–Crippen LogP) is 4.15. The molecule has 0 bridgehead atoms. The van der Waals surface area contributed by atoms with Gasteiger partial charge in [0.05, 0.1) is 0 Å². The molecule has 0 fully saturated rings. The van der Waals surface area contributed by atoms with Crippen LogP contribution in [0, 0.1) is 20.8 Å². The summed E-state index contributed by atoms with van der Waals surface area (Å²) in [5.41, 5.74) is 3.79. The highest BCUT2D eigenvalue weighted by molar-refractivity contribution is 9.10. The van der Waals surface area contributed by atoms with E-state index in [1.54, 1.807) is 6.07 Å². The first-order chi connectivity index (χ1) is 10.8. The molecule has 1 atom stereocenters. The van der Waals surface area contributed by atoms with Crippen molar-refractivity contribution in [3.8, 4) is 0 Å². The van der Waals surface area contributed by atoms with Crippen LogP contribution < -0.4 is 5.32 Å². The molecule has 0 aliphatic rings. The normalized spacial score (nSPS) is 11.9. The predicted molar refractivity (Wildman–Crippen MR) is 90.6 cm³/mol. The Morgan fingerprint density at radius 1 is 1.17 bits per heavy atom. The summed E-state index contributed by atoms with van der Waals surface area (Å²) >= 11 is 3.11. The standard InChI is InChI=1S/C17H18BrNO4/c1-9-7-10(2)15(11(3)8-9)19-16(20)12(4)22-17(21)13-5-6-14(18)23-13/h5-8,12H,1-4H3,(H,19,20)/t12-/m0/s1. The molecule has 2 aromatic rings. The van der Waals surface area contributed by atoms with Crippen LogP contribution in [0.5, 0.6) is 0 Å². The van der Waals surface area contributed by atoms with Crippen molar-refractivity contribution in [3.05, 3.63) is 51.4 Å². The molecule has 0 aliphatic carbocycles. The molecule has 1 N–H and O–H groups in total. The number of aryl methyl sites for hydroxylation is 3. The van der Waals surface area contributed by atoms with Gasteiger partial charge in [0.2, 0.25) is 5.76 Å². The fourth-order valence-corrected chi connectivity index (χ4v) is 2.60. The van der Waals surface area contributed by atoms with Gasteiger partial charge in [0.1, 0.15) is 0 Å². The Morgan fingerprint density at radius 2 is 1.78 bits per heavy atom. The summed E-state index contributed by atoms with van der Waals surface area (Å²) in [4.78, 5) is 24.1. The fraction of sp³-hybridized carbons (Fsp3) is 0.294. The molecule has 1 amide bonds. The van der Waals surface area contributed by atoms with Gasteiger partial charge in [-0.3, -0.25) is 4.79 Å². The summed E-state index contributed by atoms with van der Waals surface area (Å²) in [7, 11) is 0. The van der Waals surface area contributed by atoms with Crippen LogP contribution in [0.15, 0.2) is 33.4 Å². The summed E-state index contributed by atoms with van der Waals surface area (Å²) in [5.74, 6) is -1.03. The lowest BCUT2D eigenvalue weighted by Gasteiger charge is -2.16. The molecule has 1 aromatic carbocycles. The van der Waals surface area contributed by atoms with Gasteiger partial charge in [-0.2, -0.15) is 0 Å². The maximum atomic E-state index is 12.2. The summed E-state index contributed by atoms with van der Waals surface area (Å²) in [6, 6.07) is 7.03. The van der Waals surface area contributed by atoms with Crippen LogP contribution in [0.25, 0.3) is 0 Å². The van der Waals surface area contributed by atoms with Crippen LogP contribution in [0.2, 0.25) is 0 Å². The second-order valence-electron chi connectivity index (χ2n) is 5.41. The number of esters is 1. The minimum Gasteiger partial charge on any atom is -0.447 e. The average Bonchev–Trinajstić information content (AvgIpc) is 2.89. The van der Waals surface area contributed by atoms with E-state index in [-0.39, 0.29) is 11.7 Å². The minimum atomic E-state index is -0.938. The zero-order valence-electron chi connectivity index (χ0n) is 13.4. The number of carbonyl (C=O) groups excluding carboxylic acids is 2. The number of amides is 1. The zero-order valence-corrected chi connectivity index (χ0v) is 15.0. The monoisotopic (exact) mass is 379 g/mol. The average molecular weight is 380 g/mol. The number of hydrogen-bond donors (Lipinski definition) is 1. The molecule has 0 aliphatic heterocycles. The molecular formula is C17H18BrNO4. The van der Waals surface area contributed by atoms with E-state index >= 15 is 0 Å². The van der Waals surface area contributed by atoms with Crippen molar-refractivity contribution in [3.63, 3.8) is 0 Å². The second kappa shape index (κ2) is 7.00. The Kier molecular flexibility index (Phi) is 5.26. The molecule has 0 spiro atoms. The van der Waals surface area contributed by atoms with Crippen molar-refractivity contribution in [2.24, 2.45) is 0 Å². The van der Waals surface area contributed by atoms with Crippen LogP contribution in [-0.2, 0) is 9.53 Å². The van der Waals surface area contributed by atoms with E-state index in [1.165, 1.54) is 13.0 Å². The van der Waals surface area contributed by atoms with E-state index in [0.29, 0.717) is 4.67 Å². The SMILES string of the molecule is Cc1cc(C)c(NC(=O)[C@H](C)OC(=O)c2ccc(Br)o2)c(C)c1. The van der Waals surface area contributed by atoms with Crippen molar-refractivity contribution >= 4 is 33.5 Å². The number of ether oxygens (including phenoxy) is 1. The van der Waals surface area contributed by atoms with Crippen LogP contribution in [0.3, 0.4) is 0 Å². The number of nitrogens with one attached hydrogen (secondary N) is 1. The summed E-state index contributed by atoms with van der Waals surface area (Å²) in [6.45, 7) is 7.36. The molecule has 0 saturated heterocycles. The van der Waals surface area contributed by atoms with Crippen LogP contribution >= 0.6 is 15.9 Å². The highest BCUT2D eigenvalue weighted by Crippen LogP contribution is 2.22. The molecule has 6 heteroatoms. The first-order valence-electron chi connectivity index (χ1n) is 7.13. The fourth-order valence-electron chi connectivity index (χ4n) is 2.30. The Bertz CT molecular complexity index is 728. The van der Waals surface area contributed by atoms with Crippen molar-refractivity contribution in [2.75, 3.05) is 5.32 Å². The molecule has 1 heterocycles. The van der Waals surface area contributed by atoms with E-state index in [9.17, 15) is 9.59 Å². The maximum Gasteiger partial charge on any atom is 0.375 e. The van der Waals surface area contributed by atoms with Crippen molar-refractivity contribution in [1.29, 1.82) is 0 Å². The molecule has 122 valence electrons. The summed E-state index contributed by atoms with van der Waals surface area (Å²) in [6.07, 6.45) is -0.938. The van der Waals surface area contributed by atoms with Gasteiger partial charge in [0.15, 0.2) is 10.8 Å². The largest absolute Gasteiger partial charge is 0.447 e. The minimum absolute atomic E-state index is 0.0409. The topological polar surface area (TPSA) is 68.5 Å². The molecule has 5 nitrogen and oxygen atoms in total. The van der Waals surface area contributed by atoms with Gasteiger partial charge in [-0.05, 0) is 66.9 Å². The van der Waals surface area contributed by atoms with Crippen LogP contribution in [-0.4, -0.2) is 18.0 Å². The third-order valence-electron chi connectivity index (χ3n) is 3.35. The summed E-state index contributed by atoms with van der Waals surface area (Å²) < 4.78 is 10.7. The quantitative estimate of drug-likeness (QED) is 0.810. The van der Waals surface area contributed by atoms with Crippen molar-refractivity contribution in [1.82, 2.24) is 0 Å². The summed E-state index contributed by atoms with van der Waals surface area (Å²) in [5, 5.41) is 2.81. The Morgan fingerprint density at radius 3 is 2.30 bits per heavy atom. The molecule has 0 radical (unpaired) electrons. The zero-order chi connectivity index (χ0) is 17.1. The van der Waals surface area contributed by atoms with Gasteiger partial charge in [0, 0.05) is 5.69 Å².